The van der Waals surface area contributed by atoms with Gasteiger partial charge in [0.05, 0.1) is 0 Å². The van der Waals surface area contributed by atoms with Crippen LogP contribution in [0.1, 0.15) is 12.8 Å². The highest BCUT2D eigenvalue weighted by atomic mass is 35.5. The monoisotopic (exact) mass is 302 g/mol. The molecule has 104 valence electrons. The molecular formula is C11H15ClN4O2S. The van der Waals surface area contributed by atoms with Crippen LogP contribution >= 0.6 is 11.6 Å². The van der Waals surface area contributed by atoms with Crippen molar-refractivity contribution in [3.05, 3.63) is 11.2 Å². The van der Waals surface area contributed by atoms with E-state index >= 15 is 0 Å². The molecule has 0 bridgehead atoms. The summed E-state index contributed by atoms with van der Waals surface area (Å²) in [6.45, 7) is 2.13. The van der Waals surface area contributed by atoms with Crippen LogP contribution in [0.15, 0.2) is 11.0 Å². The van der Waals surface area contributed by atoms with Crippen molar-refractivity contribution in [2.24, 2.45) is 11.8 Å². The lowest BCUT2D eigenvalue weighted by Gasteiger charge is -2.15. The first-order valence-electron chi connectivity index (χ1n) is 6.25. The molecule has 0 amide bonds. The Bertz CT molecular complexity index is 503. The Labute approximate surface area is 118 Å². The van der Waals surface area contributed by atoms with Crippen molar-refractivity contribution in [1.29, 1.82) is 0 Å². The summed E-state index contributed by atoms with van der Waals surface area (Å²) in [4.78, 5) is 0.190. The predicted molar refractivity (Wildman–Crippen MR) is 72.6 cm³/mol. The van der Waals surface area contributed by atoms with Gasteiger partial charge in [-0.3, -0.25) is 0 Å². The number of aromatic nitrogens is 2. The fraction of sp³-hybridized carbons (Fsp3) is 0.636. The molecule has 4 atom stereocenters. The maximum atomic E-state index is 11.3. The Morgan fingerprint density at radius 3 is 2.68 bits per heavy atom. The van der Waals surface area contributed by atoms with Gasteiger partial charge in [-0.15, -0.1) is 10.2 Å². The molecule has 0 spiro atoms. The van der Waals surface area contributed by atoms with E-state index in [9.17, 15) is 8.76 Å². The van der Waals surface area contributed by atoms with Crippen LogP contribution in [0.2, 0.25) is 5.15 Å². The van der Waals surface area contributed by atoms with E-state index in [0.29, 0.717) is 17.7 Å². The molecule has 8 heteroatoms. The zero-order valence-electron chi connectivity index (χ0n) is 10.2. The number of nitrogens with zero attached hydrogens (tertiary/aromatic N) is 2. The number of anilines is 1. The third-order valence-electron chi connectivity index (χ3n) is 3.91. The lowest BCUT2D eigenvalue weighted by atomic mass is 10.0. The second-order valence-corrected chi connectivity index (χ2v) is 6.45. The molecule has 2 unspecified atom stereocenters. The lowest BCUT2D eigenvalue weighted by Crippen LogP contribution is -2.22. The maximum absolute atomic E-state index is 11.3. The molecule has 1 saturated carbocycles. The Hall–Kier alpha value is -0.760. The quantitative estimate of drug-likeness (QED) is 0.725. The number of halogens is 1. The smallest absolute Gasteiger partial charge is 0.190 e. The average Bonchev–Trinajstić information content (AvgIpc) is 2.91. The van der Waals surface area contributed by atoms with Crippen LogP contribution in [0.3, 0.4) is 0 Å². The fourth-order valence-corrected chi connectivity index (χ4v) is 3.75. The van der Waals surface area contributed by atoms with Crippen molar-refractivity contribution < 1.29 is 8.76 Å². The largest absolute Gasteiger partial charge is 0.365 e. The summed E-state index contributed by atoms with van der Waals surface area (Å²) in [6, 6.07) is 1.67. The third-order valence-corrected chi connectivity index (χ3v) is 4.78. The van der Waals surface area contributed by atoms with Crippen LogP contribution < -0.4 is 10.6 Å². The van der Waals surface area contributed by atoms with Crippen molar-refractivity contribution in [2.45, 2.75) is 23.8 Å². The van der Waals surface area contributed by atoms with Crippen LogP contribution in [-0.2, 0) is 11.1 Å². The van der Waals surface area contributed by atoms with Crippen LogP contribution in [0.4, 0.5) is 5.82 Å². The Morgan fingerprint density at radius 1 is 1.37 bits per heavy atom. The van der Waals surface area contributed by atoms with E-state index in [1.807, 2.05) is 0 Å². The van der Waals surface area contributed by atoms with Crippen molar-refractivity contribution in [1.82, 2.24) is 15.5 Å². The first-order valence-corrected chi connectivity index (χ1v) is 7.73. The highest BCUT2D eigenvalue weighted by Gasteiger charge is 2.37. The first-order chi connectivity index (χ1) is 9.13. The van der Waals surface area contributed by atoms with Gasteiger partial charge < -0.3 is 15.2 Å². The van der Waals surface area contributed by atoms with Crippen LogP contribution in [0.25, 0.3) is 0 Å². The van der Waals surface area contributed by atoms with Gasteiger partial charge in [0, 0.05) is 6.04 Å². The van der Waals surface area contributed by atoms with E-state index in [2.05, 4.69) is 20.8 Å². The van der Waals surface area contributed by atoms with E-state index in [0.717, 1.165) is 25.9 Å². The second-order valence-electron chi connectivity index (χ2n) is 5.12. The van der Waals surface area contributed by atoms with Gasteiger partial charge in [-0.05, 0) is 43.8 Å². The third kappa shape index (κ3) is 2.74. The maximum Gasteiger partial charge on any atom is 0.190 e. The topological polar surface area (TPSA) is 87.1 Å². The van der Waals surface area contributed by atoms with Crippen LogP contribution in [0.5, 0.6) is 0 Å². The molecule has 19 heavy (non-hydrogen) atoms. The Morgan fingerprint density at radius 2 is 2.05 bits per heavy atom. The highest BCUT2D eigenvalue weighted by Crippen LogP contribution is 2.36. The standard InChI is InChI=1S/C11H15ClN4O2S/c12-10-3-9(19(17)18)11(16-15-10)14-8-1-6-4-13-5-7(6)2-8/h3,6-8,13H,1-2,4-5H2,(H,14,16)(H,17,18)/t6-,7+,8?. The molecule has 0 radical (unpaired) electrons. The minimum atomic E-state index is -2.12. The molecule has 2 heterocycles. The van der Waals surface area contributed by atoms with Gasteiger partial charge in [-0.25, -0.2) is 4.21 Å². The minimum Gasteiger partial charge on any atom is -0.365 e. The Kier molecular flexibility index (Phi) is 3.70. The van der Waals surface area contributed by atoms with Crippen molar-refractivity contribution in [2.75, 3.05) is 18.4 Å². The summed E-state index contributed by atoms with van der Waals surface area (Å²) in [5.74, 6) is 1.75. The molecular weight excluding hydrogens is 288 g/mol. The van der Waals surface area contributed by atoms with Gasteiger partial charge in [-0.2, -0.15) is 0 Å². The molecule has 1 aromatic heterocycles. The second kappa shape index (κ2) is 5.32. The van der Waals surface area contributed by atoms with Gasteiger partial charge in [0.2, 0.25) is 0 Å². The summed E-state index contributed by atoms with van der Waals surface area (Å²) in [7, 11) is 0. The van der Waals surface area contributed by atoms with Crippen LogP contribution in [0, 0.1) is 11.8 Å². The number of hydrogen-bond acceptors (Lipinski definition) is 5. The molecule has 3 rings (SSSR count). The van der Waals surface area contributed by atoms with E-state index < -0.39 is 11.1 Å². The lowest BCUT2D eigenvalue weighted by molar-refractivity contribution is 0.494. The van der Waals surface area contributed by atoms with Crippen LogP contribution in [-0.4, -0.2) is 38.1 Å². The molecule has 1 aliphatic carbocycles. The van der Waals surface area contributed by atoms with E-state index in [1.54, 1.807) is 0 Å². The van der Waals surface area contributed by atoms with Crippen molar-refractivity contribution in [3.63, 3.8) is 0 Å². The average molecular weight is 303 g/mol. The number of fused-ring (bicyclic) bond motifs is 1. The number of hydrogen-bond donors (Lipinski definition) is 3. The molecule has 1 saturated heterocycles. The Balaban J connectivity index is 1.75. The molecule has 0 aromatic carbocycles. The molecule has 6 nitrogen and oxygen atoms in total. The molecule has 3 N–H and O–H groups in total. The first kappa shape index (κ1) is 13.2. The molecule has 1 aliphatic heterocycles. The van der Waals surface area contributed by atoms with Gasteiger partial charge >= 0.3 is 0 Å². The van der Waals surface area contributed by atoms with Gasteiger partial charge in [0.1, 0.15) is 4.90 Å². The number of nitrogens with one attached hydrogen (secondary N) is 2. The zero-order valence-corrected chi connectivity index (χ0v) is 11.7. The van der Waals surface area contributed by atoms with E-state index in [4.69, 9.17) is 11.6 Å². The van der Waals surface area contributed by atoms with Gasteiger partial charge in [0.25, 0.3) is 0 Å². The summed E-state index contributed by atoms with van der Waals surface area (Å²) in [5.41, 5.74) is 0. The molecule has 2 fully saturated rings. The summed E-state index contributed by atoms with van der Waals surface area (Å²) in [6.07, 6.45) is 2.11. The zero-order chi connectivity index (χ0) is 13.4. The molecule has 1 aromatic rings. The SMILES string of the molecule is O=S(O)c1cc(Cl)nnc1NC1C[C@H]2CNC[C@H]2C1. The van der Waals surface area contributed by atoms with E-state index in [1.165, 1.54) is 6.07 Å². The van der Waals surface area contributed by atoms with Gasteiger partial charge in [-0.1, -0.05) is 11.6 Å². The predicted octanol–water partition coefficient (Wildman–Crippen LogP) is 1.12. The van der Waals surface area contributed by atoms with Gasteiger partial charge in [0.15, 0.2) is 22.1 Å². The molecule has 2 aliphatic rings. The highest BCUT2D eigenvalue weighted by molar-refractivity contribution is 7.79. The van der Waals surface area contributed by atoms with Crippen molar-refractivity contribution >= 4 is 28.5 Å². The summed E-state index contributed by atoms with van der Waals surface area (Å²) >= 11 is 3.58. The minimum absolute atomic E-state index is 0.121. The summed E-state index contributed by atoms with van der Waals surface area (Å²) < 4.78 is 20.5. The van der Waals surface area contributed by atoms with Crippen molar-refractivity contribution in [3.8, 4) is 0 Å². The fourth-order valence-electron chi connectivity index (χ4n) is 3.06. The normalized spacial score (nSPS) is 31.2. The van der Waals surface area contributed by atoms with E-state index in [-0.39, 0.29) is 16.1 Å². The number of rotatable bonds is 3. The summed E-state index contributed by atoms with van der Waals surface area (Å²) in [5, 5.41) is 14.4.